The molecule has 0 saturated carbocycles. The summed E-state index contributed by atoms with van der Waals surface area (Å²) in [5.74, 6) is -1.30. The zero-order chi connectivity index (χ0) is 17.1. The molecule has 0 aliphatic heterocycles. The number of hydrogen-bond donors (Lipinski definition) is 0. The third-order valence-electron chi connectivity index (χ3n) is 4.13. The number of allylic oxidation sites excluding steroid dienone is 2. The topological polar surface area (TPSA) is 56.5 Å². The lowest BCUT2D eigenvalue weighted by Gasteiger charge is -2.27. The molecular weight excluding hydrogens is 372 g/mol. The Kier molecular flexibility index (Phi) is 5.00. The van der Waals surface area contributed by atoms with Crippen molar-refractivity contribution in [2.75, 3.05) is 6.61 Å². The molecule has 0 fully saturated rings. The normalized spacial score (nSPS) is 20.6. The van der Waals surface area contributed by atoms with Crippen LogP contribution in [-0.2, 0) is 14.3 Å². The smallest absolute Gasteiger partial charge is 0.317 e. The van der Waals surface area contributed by atoms with Gasteiger partial charge in [-0.05, 0) is 54.8 Å². The molecule has 0 amide bonds. The van der Waals surface area contributed by atoms with Gasteiger partial charge in [-0.1, -0.05) is 28.1 Å². The Balaban J connectivity index is 1.98. The predicted octanol–water partition coefficient (Wildman–Crippen LogP) is 4.36. The average molecular weight is 389 g/mol. The Morgan fingerprint density at radius 3 is 2.67 bits per heavy atom. The molecule has 1 aromatic carbocycles. The molecule has 1 heterocycles. The van der Waals surface area contributed by atoms with Crippen molar-refractivity contribution in [3.8, 4) is 0 Å². The van der Waals surface area contributed by atoms with Crippen molar-refractivity contribution < 1.29 is 18.7 Å². The van der Waals surface area contributed by atoms with Crippen LogP contribution in [0.4, 0.5) is 0 Å². The van der Waals surface area contributed by atoms with Gasteiger partial charge in [-0.2, -0.15) is 0 Å². The summed E-state index contributed by atoms with van der Waals surface area (Å²) in [4.78, 5) is 24.9. The Bertz CT molecular complexity index is 759. The molecule has 0 bridgehead atoms. The zero-order valence-corrected chi connectivity index (χ0v) is 14.8. The molecule has 0 N–H and O–H groups in total. The van der Waals surface area contributed by atoms with Gasteiger partial charge in [-0.15, -0.1) is 0 Å². The molecule has 0 unspecified atom stereocenters. The van der Waals surface area contributed by atoms with Gasteiger partial charge < -0.3 is 9.15 Å². The average Bonchev–Trinajstić information content (AvgIpc) is 3.09. The van der Waals surface area contributed by atoms with Crippen LogP contribution in [-0.4, -0.2) is 18.4 Å². The van der Waals surface area contributed by atoms with Gasteiger partial charge in [0.2, 0.25) is 0 Å². The van der Waals surface area contributed by atoms with E-state index in [1.54, 1.807) is 31.4 Å². The number of rotatable bonds is 4. The highest BCUT2D eigenvalue weighted by Gasteiger charge is 2.41. The van der Waals surface area contributed by atoms with Crippen LogP contribution in [0, 0.1) is 5.92 Å². The Morgan fingerprint density at radius 1 is 1.29 bits per heavy atom. The van der Waals surface area contributed by atoms with Crippen LogP contribution in [0.1, 0.15) is 30.6 Å². The van der Waals surface area contributed by atoms with Crippen molar-refractivity contribution in [3.63, 3.8) is 0 Å². The van der Waals surface area contributed by atoms with E-state index in [1.807, 2.05) is 24.3 Å². The van der Waals surface area contributed by atoms with Gasteiger partial charge in [0.25, 0.3) is 0 Å². The van der Waals surface area contributed by atoms with Crippen LogP contribution in [0.25, 0.3) is 5.57 Å². The number of ketones is 1. The summed E-state index contributed by atoms with van der Waals surface area (Å²) in [7, 11) is 0. The lowest BCUT2D eigenvalue weighted by molar-refractivity contribution is -0.151. The summed E-state index contributed by atoms with van der Waals surface area (Å²) >= 11 is 3.41. The fraction of sp³-hybridized carbons (Fsp3) is 0.263. The first kappa shape index (κ1) is 16.7. The van der Waals surface area contributed by atoms with Gasteiger partial charge in [0.1, 0.15) is 11.7 Å². The van der Waals surface area contributed by atoms with Crippen molar-refractivity contribution in [2.45, 2.75) is 19.3 Å². The molecule has 2 atom stereocenters. The van der Waals surface area contributed by atoms with Gasteiger partial charge in [0.05, 0.1) is 12.9 Å². The number of hydrogen-bond acceptors (Lipinski definition) is 4. The predicted molar refractivity (Wildman–Crippen MR) is 93.3 cm³/mol. The van der Waals surface area contributed by atoms with Gasteiger partial charge >= 0.3 is 5.97 Å². The van der Waals surface area contributed by atoms with E-state index in [1.165, 1.54) is 0 Å². The van der Waals surface area contributed by atoms with E-state index in [4.69, 9.17) is 9.15 Å². The van der Waals surface area contributed by atoms with E-state index in [-0.39, 0.29) is 18.3 Å². The van der Waals surface area contributed by atoms with Crippen molar-refractivity contribution in [3.05, 3.63) is 64.5 Å². The third kappa shape index (κ3) is 3.36. The monoisotopic (exact) mass is 388 g/mol. The molecule has 0 saturated heterocycles. The van der Waals surface area contributed by atoms with Crippen LogP contribution >= 0.6 is 15.9 Å². The minimum atomic E-state index is -0.852. The van der Waals surface area contributed by atoms with Gasteiger partial charge in [-0.3, -0.25) is 9.59 Å². The zero-order valence-electron chi connectivity index (χ0n) is 13.2. The van der Waals surface area contributed by atoms with Gasteiger partial charge in [0.15, 0.2) is 5.78 Å². The highest BCUT2D eigenvalue weighted by atomic mass is 79.9. The van der Waals surface area contributed by atoms with E-state index >= 15 is 0 Å². The maximum Gasteiger partial charge on any atom is 0.317 e. The molecule has 24 heavy (non-hydrogen) atoms. The SMILES string of the molecule is CCOC(=O)[C@H]1C(=O)C=C(c2ccc(Br)cc2)C[C@@H]1c1ccco1. The first-order valence-electron chi connectivity index (χ1n) is 7.80. The summed E-state index contributed by atoms with van der Waals surface area (Å²) < 4.78 is 11.6. The molecule has 4 nitrogen and oxygen atoms in total. The molecule has 1 aliphatic carbocycles. The highest BCUT2D eigenvalue weighted by Crippen LogP contribution is 2.40. The number of esters is 1. The molecule has 2 aromatic rings. The molecule has 1 aromatic heterocycles. The van der Waals surface area contributed by atoms with E-state index < -0.39 is 11.9 Å². The quantitative estimate of drug-likeness (QED) is 0.576. The van der Waals surface area contributed by atoms with Crippen molar-refractivity contribution in [2.24, 2.45) is 5.92 Å². The molecule has 0 radical (unpaired) electrons. The first-order valence-corrected chi connectivity index (χ1v) is 8.60. The minimum Gasteiger partial charge on any atom is -0.469 e. The van der Waals surface area contributed by atoms with Crippen LogP contribution in [0.15, 0.2) is 57.6 Å². The second kappa shape index (κ2) is 7.18. The highest BCUT2D eigenvalue weighted by molar-refractivity contribution is 9.10. The number of ether oxygens (including phenoxy) is 1. The standard InChI is InChI=1S/C19H17BrO4/c1-2-23-19(22)18-15(17-4-3-9-24-17)10-13(11-16(18)21)12-5-7-14(20)8-6-12/h3-9,11,15,18H,2,10H2,1H3/t15-,18-/m1/s1. The van der Waals surface area contributed by atoms with Crippen molar-refractivity contribution >= 4 is 33.3 Å². The number of carbonyl (C=O) groups excluding carboxylic acids is 2. The summed E-state index contributed by atoms with van der Waals surface area (Å²) in [5, 5.41) is 0. The largest absolute Gasteiger partial charge is 0.469 e. The van der Waals surface area contributed by atoms with Crippen LogP contribution in [0.2, 0.25) is 0 Å². The Hall–Kier alpha value is -2.14. The number of furan rings is 1. The van der Waals surface area contributed by atoms with E-state index in [9.17, 15) is 9.59 Å². The fourth-order valence-electron chi connectivity index (χ4n) is 3.02. The number of benzene rings is 1. The minimum absolute atomic E-state index is 0.237. The molecule has 0 spiro atoms. The molecular formula is C19H17BrO4. The fourth-order valence-corrected chi connectivity index (χ4v) is 3.28. The second-order valence-corrected chi connectivity index (χ2v) is 6.55. The van der Waals surface area contributed by atoms with E-state index in [0.29, 0.717) is 12.2 Å². The Morgan fingerprint density at radius 2 is 2.04 bits per heavy atom. The molecule has 1 aliphatic rings. The number of carbonyl (C=O) groups is 2. The summed E-state index contributed by atoms with van der Waals surface area (Å²) in [6.45, 7) is 1.98. The van der Waals surface area contributed by atoms with E-state index in [0.717, 1.165) is 15.6 Å². The maximum atomic E-state index is 12.6. The summed E-state index contributed by atoms with van der Waals surface area (Å²) in [6.07, 6.45) is 3.66. The summed E-state index contributed by atoms with van der Waals surface area (Å²) in [5.41, 5.74) is 1.86. The van der Waals surface area contributed by atoms with Crippen molar-refractivity contribution in [1.82, 2.24) is 0 Å². The van der Waals surface area contributed by atoms with Crippen LogP contribution in [0.3, 0.4) is 0 Å². The second-order valence-electron chi connectivity index (χ2n) is 5.63. The first-order chi connectivity index (χ1) is 11.6. The maximum absolute atomic E-state index is 12.6. The van der Waals surface area contributed by atoms with E-state index in [2.05, 4.69) is 15.9 Å². The van der Waals surface area contributed by atoms with Crippen LogP contribution < -0.4 is 0 Å². The summed E-state index contributed by atoms with van der Waals surface area (Å²) in [6, 6.07) is 11.3. The molecule has 124 valence electrons. The Labute approximate surface area is 148 Å². The van der Waals surface area contributed by atoms with Crippen molar-refractivity contribution in [1.29, 1.82) is 0 Å². The lowest BCUT2D eigenvalue weighted by Crippen LogP contribution is -2.33. The molecule has 3 rings (SSSR count). The van der Waals surface area contributed by atoms with Gasteiger partial charge in [-0.25, -0.2) is 0 Å². The lowest BCUT2D eigenvalue weighted by atomic mass is 9.76. The van der Waals surface area contributed by atoms with Crippen LogP contribution in [0.5, 0.6) is 0 Å². The third-order valence-corrected chi connectivity index (χ3v) is 4.66. The number of halogens is 1. The molecule has 5 heteroatoms. The van der Waals surface area contributed by atoms with Gasteiger partial charge in [0, 0.05) is 10.4 Å².